The van der Waals surface area contributed by atoms with Crippen LogP contribution in [0.1, 0.15) is 5.56 Å². The highest BCUT2D eigenvalue weighted by Crippen LogP contribution is 2.25. The van der Waals surface area contributed by atoms with Crippen molar-refractivity contribution in [1.82, 2.24) is 0 Å². The lowest BCUT2D eigenvalue weighted by Crippen LogP contribution is -2.20. The molecule has 0 spiro atoms. The Balaban J connectivity index is 0.00000225. The molecule has 88 valence electrons. The van der Waals surface area contributed by atoms with E-state index in [1.54, 1.807) is 0 Å². The van der Waals surface area contributed by atoms with E-state index in [2.05, 4.69) is 0 Å². The highest BCUT2D eigenvalue weighted by Gasteiger charge is 2.04. The van der Waals surface area contributed by atoms with Crippen molar-refractivity contribution >= 4 is 24.4 Å². The molecule has 0 saturated heterocycles. The van der Waals surface area contributed by atoms with Gasteiger partial charge in [0.2, 0.25) is 5.91 Å². The average molecular weight is 245 g/mol. The molecule has 0 aliphatic carbocycles. The summed E-state index contributed by atoms with van der Waals surface area (Å²) in [6, 6.07) is 4.16. The van der Waals surface area contributed by atoms with E-state index in [0.29, 0.717) is 5.56 Å². The summed E-state index contributed by atoms with van der Waals surface area (Å²) in [5, 5.41) is 18.3. The summed E-state index contributed by atoms with van der Waals surface area (Å²) >= 11 is 0. The fourth-order valence-electron chi connectivity index (χ4n) is 1.06. The van der Waals surface area contributed by atoms with Gasteiger partial charge in [-0.15, -0.1) is 12.4 Å². The van der Waals surface area contributed by atoms with Crippen molar-refractivity contribution < 1.29 is 15.0 Å². The summed E-state index contributed by atoms with van der Waals surface area (Å²) in [6.07, 6.45) is 1.46. The molecular formula is C10H13ClN2O3. The van der Waals surface area contributed by atoms with Gasteiger partial charge in [0.1, 0.15) is 0 Å². The molecule has 0 saturated carbocycles. The molecular weight excluding hydrogens is 232 g/mol. The van der Waals surface area contributed by atoms with Crippen LogP contribution in [0, 0.1) is 0 Å². The first-order chi connectivity index (χ1) is 7.04. The van der Waals surface area contributed by atoms with Crippen LogP contribution in [0.15, 0.2) is 23.8 Å². The molecule has 0 fully saturated rings. The lowest BCUT2D eigenvalue weighted by molar-refractivity contribution is -0.114. The molecule has 16 heavy (non-hydrogen) atoms. The Morgan fingerprint density at radius 2 is 1.94 bits per heavy atom. The summed E-state index contributed by atoms with van der Waals surface area (Å²) in [6.45, 7) is 0.0248. The molecule has 0 unspecified atom stereocenters. The lowest BCUT2D eigenvalue weighted by Gasteiger charge is -2.01. The minimum absolute atomic E-state index is 0. The fraction of sp³-hybridized carbons (Fsp3) is 0.100. The number of hydrogen-bond acceptors (Lipinski definition) is 4. The Kier molecular flexibility index (Phi) is 5.35. The number of amides is 1. The van der Waals surface area contributed by atoms with Crippen LogP contribution < -0.4 is 11.5 Å². The van der Waals surface area contributed by atoms with Crippen molar-refractivity contribution in [3.8, 4) is 11.5 Å². The largest absolute Gasteiger partial charge is 0.504 e. The Morgan fingerprint density at radius 3 is 2.38 bits per heavy atom. The third-order valence-electron chi connectivity index (χ3n) is 1.88. The van der Waals surface area contributed by atoms with Gasteiger partial charge in [0.05, 0.1) is 0 Å². The van der Waals surface area contributed by atoms with Gasteiger partial charge in [-0.25, -0.2) is 0 Å². The predicted octanol–water partition coefficient (Wildman–Crippen LogP) is 0.347. The van der Waals surface area contributed by atoms with Crippen molar-refractivity contribution in [3.63, 3.8) is 0 Å². The zero-order valence-electron chi connectivity index (χ0n) is 8.38. The molecule has 0 bridgehead atoms. The third-order valence-corrected chi connectivity index (χ3v) is 1.88. The second-order valence-corrected chi connectivity index (χ2v) is 2.99. The number of benzene rings is 1. The molecule has 6 N–H and O–H groups in total. The number of aromatic hydroxyl groups is 2. The molecule has 0 radical (unpaired) electrons. The van der Waals surface area contributed by atoms with Crippen LogP contribution in [-0.4, -0.2) is 22.7 Å². The smallest absolute Gasteiger partial charge is 0.245 e. The van der Waals surface area contributed by atoms with Gasteiger partial charge in [-0.05, 0) is 23.8 Å². The van der Waals surface area contributed by atoms with Crippen molar-refractivity contribution in [2.45, 2.75) is 0 Å². The van der Waals surface area contributed by atoms with Gasteiger partial charge in [-0.3, -0.25) is 4.79 Å². The van der Waals surface area contributed by atoms with Gasteiger partial charge >= 0.3 is 0 Å². The van der Waals surface area contributed by atoms with Crippen LogP contribution in [0.25, 0.3) is 6.08 Å². The molecule has 5 nitrogen and oxygen atoms in total. The number of carbonyl (C=O) groups excluding carboxylic acids is 1. The predicted molar refractivity (Wildman–Crippen MR) is 63.2 cm³/mol. The Labute approximate surface area is 98.8 Å². The first-order valence-electron chi connectivity index (χ1n) is 4.27. The van der Waals surface area contributed by atoms with Crippen molar-refractivity contribution in [2.75, 3.05) is 6.54 Å². The van der Waals surface area contributed by atoms with Gasteiger partial charge in [0.15, 0.2) is 11.5 Å². The average Bonchev–Trinajstić information content (AvgIpc) is 2.19. The first kappa shape index (κ1) is 14.3. The van der Waals surface area contributed by atoms with Gasteiger partial charge in [0, 0.05) is 12.1 Å². The number of rotatable bonds is 3. The molecule has 1 rings (SSSR count). The monoisotopic (exact) mass is 244 g/mol. The van der Waals surface area contributed by atoms with Gasteiger partial charge in [0.25, 0.3) is 0 Å². The highest BCUT2D eigenvalue weighted by atomic mass is 35.5. The number of halogens is 1. The van der Waals surface area contributed by atoms with E-state index in [0.717, 1.165) is 0 Å². The van der Waals surface area contributed by atoms with Crippen LogP contribution in [0.4, 0.5) is 0 Å². The van der Waals surface area contributed by atoms with E-state index >= 15 is 0 Å². The normalized spacial score (nSPS) is 10.7. The van der Waals surface area contributed by atoms with E-state index in [1.165, 1.54) is 24.3 Å². The van der Waals surface area contributed by atoms with Crippen LogP contribution in [0.5, 0.6) is 11.5 Å². The number of hydrogen-bond donors (Lipinski definition) is 4. The quantitative estimate of drug-likeness (QED) is 0.454. The molecule has 0 aliphatic heterocycles. The van der Waals surface area contributed by atoms with Crippen molar-refractivity contribution in [2.24, 2.45) is 11.5 Å². The third kappa shape index (κ3) is 3.45. The molecule has 6 heteroatoms. The molecule has 1 aromatic carbocycles. The Hall–Kier alpha value is -1.72. The summed E-state index contributed by atoms with van der Waals surface area (Å²) in [4.78, 5) is 10.8. The van der Waals surface area contributed by atoms with Crippen LogP contribution in [-0.2, 0) is 4.79 Å². The molecule has 0 aromatic heterocycles. The maximum atomic E-state index is 10.8. The van der Waals surface area contributed by atoms with Crippen molar-refractivity contribution in [3.05, 3.63) is 29.3 Å². The zero-order chi connectivity index (χ0) is 11.4. The topological polar surface area (TPSA) is 110 Å². The highest BCUT2D eigenvalue weighted by molar-refractivity contribution is 5.97. The summed E-state index contributed by atoms with van der Waals surface area (Å²) in [5.74, 6) is -1.09. The number of phenols is 2. The molecule has 0 aliphatic rings. The minimum Gasteiger partial charge on any atom is -0.504 e. The number of carbonyl (C=O) groups is 1. The van der Waals surface area contributed by atoms with Gasteiger partial charge in [-0.1, -0.05) is 6.07 Å². The van der Waals surface area contributed by atoms with E-state index in [1.807, 2.05) is 0 Å². The van der Waals surface area contributed by atoms with Crippen LogP contribution in [0.2, 0.25) is 0 Å². The van der Waals surface area contributed by atoms with Crippen LogP contribution >= 0.6 is 12.4 Å². The molecule has 0 heterocycles. The standard InChI is InChI=1S/C10H12N2O3.ClH/c11-5-7(10(12)15)3-6-1-2-8(13)9(14)4-6;/h1-4,13-14H,5,11H2,(H2,12,15);1H/b7-3+;. The number of nitrogens with two attached hydrogens (primary N) is 2. The number of primary amides is 1. The fourth-order valence-corrected chi connectivity index (χ4v) is 1.06. The Morgan fingerprint density at radius 1 is 1.31 bits per heavy atom. The second kappa shape index (κ2) is 5.99. The summed E-state index contributed by atoms with van der Waals surface area (Å²) < 4.78 is 0. The first-order valence-corrected chi connectivity index (χ1v) is 4.27. The zero-order valence-corrected chi connectivity index (χ0v) is 9.20. The number of phenolic OH excluding ortho intramolecular Hbond substituents is 2. The molecule has 1 aromatic rings. The summed E-state index contributed by atoms with van der Waals surface area (Å²) in [7, 11) is 0. The molecule has 0 atom stereocenters. The molecule has 1 amide bonds. The minimum atomic E-state index is -0.606. The van der Waals surface area contributed by atoms with Gasteiger partial charge < -0.3 is 21.7 Å². The second-order valence-electron chi connectivity index (χ2n) is 2.99. The van der Waals surface area contributed by atoms with Crippen molar-refractivity contribution in [1.29, 1.82) is 0 Å². The van der Waals surface area contributed by atoms with E-state index in [9.17, 15) is 9.90 Å². The van der Waals surface area contributed by atoms with E-state index < -0.39 is 5.91 Å². The SMILES string of the molecule is Cl.NC/C(=C\c1ccc(O)c(O)c1)C(N)=O. The van der Waals surface area contributed by atoms with Gasteiger partial charge in [-0.2, -0.15) is 0 Å². The lowest BCUT2D eigenvalue weighted by atomic mass is 10.1. The van der Waals surface area contributed by atoms with E-state index in [-0.39, 0.29) is 36.0 Å². The Bertz CT molecular complexity index is 419. The van der Waals surface area contributed by atoms with E-state index in [4.69, 9.17) is 16.6 Å². The maximum absolute atomic E-state index is 10.8. The summed E-state index contributed by atoms with van der Waals surface area (Å²) in [5.41, 5.74) is 11.2. The van der Waals surface area contributed by atoms with Crippen LogP contribution in [0.3, 0.4) is 0 Å². The maximum Gasteiger partial charge on any atom is 0.245 e.